The van der Waals surface area contributed by atoms with Crippen LogP contribution in [0.15, 0.2) is 0 Å². The predicted octanol–water partition coefficient (Wildman–Crippen LogP) is -0.105. The molecule has 7 nitrogen and oxygen atoms in total. The van der Waals surface area contributed by atoms with Gasteiger partial charge in [0.25, 0.3) is 0 Å². The van der Waals surface area contributed by atoms with Gasteiger partial charge in [-0.3, -0.25) is 9.48 Å². The average molecular weight is 224 g/mol. The van der Waals surface area contributed by atoms with Gasteiger partial charge in [0.1, 0.15) is 11.7 Å². The zero-order valence-corrected chi connectivity index (χ0v) is 9.18. The molecule has 0 bridgehead atoms. The number of aromatic carboxylic acids is 1. The first-order valence-corrected chi connectivity index (χ1v) is 4.77. The van der Waals surface area contributed by atoms with Crippen LogP contribution in [0.5, 0.6) is 0 Å². The molecule has 0 aliphatic carbocycles. The van der Waals surface area contributed by atoms with Crippen molar-refractivity contribution in [1.82, 2.24) is 9.78 Å². The molecule has 86 valence electrons. The van der Waals surface area contributed by atoms with Crippen LogP contribution in [-0.4, -0.2) is 39.9 Å². The van der Waals surface area contributed by atoms with E-state index in [1.807, 2.05) is 0 Å². The molecule has 2 heterocycles. The number of fused-ring (bicyclic) bond motifs is 1. The second kappa shape index (κ2) is 3.22. The molecule has 1 aromatic heterocycles. The molecular weight excluding hydrogens is 212 g/mol. The van der Waals surface area contributed by atoms with Gasteiger partial charge in [0.2, 0.25) is 5.91 Å². The third-order valence-electron chi connectivity index (χ3n) is 2.78. The third-order valence-corrected chi connectivity index (χ3v) is 2.78. The summed E-state index contributed by atoms with van der Waals surface area (Å²) in [7, 11) is 3.21. The number of nitrogens with zero attached hydrogens (tertiary/aromatic N) is 3. The first-order valence-electron chi connectivity index (χ1n) is 4.77. The average Bonchev–Trinajstić information content (AvgIpc) is 2.51. The Labute approximate surface area is 91.6 Å². The molecule has 0 fully saturated rings. The van der Waals surface area contributed by atoms with Gasteiger partial charge in [-0.1, -0.05) is 0 Å². The number of likely N-dealkylation sites (N-methyl/N-ethyl adjacent to an activating group) is 1. The fourth-order valence-corrected chi connectivity index (χ4v) is 1.76. The Morgan fingerprint density at radius 1 is 1.50 bits per heavy atom. The molecule has 1 aliphatic rings. The summed E-state index contributed by atoms with van der Waals surface area (Å²) in [5.41, 5.74) is 0.520. The minimum atomic E-state index is -1.06. The normalized spacial score (nSPS) is 19.3. The van der Waals surface area contributed by atoms with Gasteiger partial charge in [0.15, 0.2) is 11.5 Å². The van der Waals surface area contributed by atoms with E-state index in [0.717, 1.165) is 0 Å². The largest absolute Gasteiger partial charge is 0.476 e. The van der Waals surface area contributed by atoms with Crippen molar-refractivity contribution in [3.8, 4) is 0 Å². The molecule has 1 amide bonds. The number of amides is 1. The zero-order valence-electron chi connectivity index (χ0n) is 9.18. The van der Waals surface area contributed by atoms with Crippen molar-refractivity contribution in [2.75, 3.05) is 17.3 Å². The molecule has 1 aromatic rings. The summed E-state index contributed by atoms with van der Waals surface area (Å²) in [6.45, 7) is 1.71. The lowest BCUT2D eigenvalue weighted by atomic mass is 10.2. The molecule has 16 heavy (non-hydrogen) atoms. The van der Waals surface area contributed by atoms with E-state index in [4.69, 9.17) is 5.11 Å². The van der Waals surface area contributed by atoms with E-state index in [1.165, 1.54) is 11.7 Å². The summed E-state index contributed by atoms with van der Waals surface area (Å²) in [4.78, 5) is 24.2. The number of anilines is 2. The van der Waals surface area contributed by atoms with Crippen LogP contribution in [0.25, 0.3) is 0 Å². The van der Waals surface area contributed by atoms with Crippen molar-refractivity contribution >= 4 is 23.4 Å². The lowest BCUT2D eigenvalue weighted by Crippen LogP contribution is -2.44. The second-order valence-electron chi connectivity index (χ2n) is 3.75. The molecule has 1 aliphatic heterocycles. The summed E-state index contributed by atoms with van der Waals surface area (Å²) in [6, 6.07) is -0.408. The van der Waals surface area contributed by atoms with Crippen molar-refractivity contribution in [1.29, 1.82) is 0 Å². The maximum absolute atomic E-state index is 11.5. The molecule has 2 rings (SSSR count). The number of carboxylic acids is 1. The van der Waals surface area contributed by atoms with Gasteiger partial charge in [-0.25, -0.2) is 4.79 Å². The van der Waals surface area contributed by atoms with Crippen LogP contribution in [0.4, 0.5) is 11.5 Å². The van der Waals surface area contributed by atoms with Gasteiger partial charge in [0, 0.05) is 14.1 Å². The molecule has 7 heteroatoms. The summed E-state index contributed by atoms with van der Waals surface area (Å²) in [5.74, 6) is -0.956. The fourth-order valence-electron chi connectivity index (χ4n) is 1.76. The number of carbonyl (C=O) groups is 2. The van der Waals surface area contributed by atoms with Gasteiger partial charge in [-0.2, -0.15) is 5.10 Å². The molecule has 0 saturated heterocycles. The van der Waals surface area contributed by atoms with E-state index in [9.17, 15) is 9.59 Å². The number of aromatic nitrogens is 2. The van der Waals surface area contributed by atoms with Crippen LogP contribution in [0.1, 0.15) is 17.4 Å². The van der Waals surface area contributed by atoms with Crippen LogP contribution >= 0.6 is 0 Å². The number of aryl methyl sites for hydroxylation is 1. The second-order valence-corrected chi connectivity index (χ2v) is 3.75. The molecule has 0 spiro atoms. The number of hydrogen-bond donors (Lipinski definition) is 2. The monoisotopic (exact) mass is 224 g/mol. The Morgan fingerprint density at radius 3 is 2.69 bits per heavy atom. The Morgan fingerprint density at radius 2 is 2.12 bits per heavy atom. The topological polar surface area (TPSA) is 87.5 Å². The molecule has 1 atom stereocenters. The highest BCUT2D eigenvalue weighted by molar-refractivity contribution is 6.06. The Kier molecular flexibility index (Phi) is 2.11. The molecule has 0 radical (unpaired) electrons. The quantitative estimate of drug-likeness (QED) is 0.695. The van der Waals surface area contributed by atoms with E-state index in [1.54, 1.807) is 18.9 Å². The van der Waals surface area contributed by atoms with Crippen molar-refractivity contribution in [2.45, 2.75) is 13.0 Å². The molecule has 0 unspecified atom stereocenters. The van der Waals surface area contributed by atoms with Gasteiger partial charge in [-0.05, 0) is 6.92 Å². The lowest BCUT2D eigenvalue weighted by Gasteiger charge is -2.30. The Bertz CT molecular complexity index is 479. The highest BCUT2D eigenvalue weighted by atomic mass is 16.4. The first-order chi connectivity index (χ1) is 7.43. The number of carbonyl (C=O) groups excluding carboxylic acids is 1. The van der Waals surface area contributed by atoms with Crippen LogP contribution in [0.3, 0.4) is 0 Å². The smallest absolute Gasteiger partial charge is 0.356 e. The summed E-state index contributed by atoms with van der Waals surface area (Å²) in [6.07, 6.45) is 0. The first kappa shape index (κ1) is 10.5. The van der Waals surface area contributed by atoms with E-state index >= 15 is 0 Å². The summed E-state index contributed by atoms with van der Waals surface area (Å²) >= 11 is 0. The van der Waals surface area contributed by atoms with Crippen LogP contribution in [0, 0.1) is 0 Å². The zero-order chi connectivity index (χ0) is 12.0. The van der Waals surface area contributed by atoms with Crippen LogP contribution < -0.4 is 10.2 Å². The molecule has 0 aromatic carbocycles. The van der Waals surface area contributed by atoms with Gasteiger partial charge < -0.3 is 15.3 Å². The number of hydrogen-bond acceptors (Lipinski definition) is 4. The van der Waals surface area contributed by atoms with Gasteiger partial charge in [0.05, 0.1) is 0 Å². The maximum atomic E-state index is 11.5. The van der Waals surface area contributed by atoms with Crippen molar-refractivity contribution < 1.29 is 14.7 Å². The number of rotatable bonds is 1. The van der Waals surface area contributed by atoms with Gasteiger partial charge >= 0.3 is 5.97 Å². The van der Waals surface area contributed by atoms with Gasteiger partial charge in [-0.15, -0.1) is 0 Å². The van der Waals surface area contributed by atoms with Crippen molar-refractivity contribution in [2.24, 2.45) is 7.05 Å². The minimum Gasteiger partial charge on any atom is -0.476 e. The van der Waals surface area contributed by atoms with E-state index in [-0.39, 0.29) is 11.6 Å². The minimum absolute atomic E-state index is 0.0735. The third kappa shape index (κ3) is 1.24. The Hall–Kier alpha value is -2.05. The fraction of sp³-hybridized carbons (Fsp3) is 0.444. The standard InChI is InChI=1S/C9H12N4O3/c1-4-8(14)10-7-5(12(4)2)6(9(15)16)13(3)11-7/h4H,1-3H3,(H,15,16)(H,10,11,14)/t4-/m0/s1. The SMILES string of the molecule is C[C@H]1C(=O)Nc2nn(C)c(C(=O)O)c2N1C. The summed E-state index contributed by atoms with van der Waals surface area (Å²) in [5, 5.41) is 15.6. The van der Waals surface area contributed by atoms with Crippen LogP contribution in [0.2, 0.25) is 0 Å². The van der Waals surface area contributed by atoms with E-state index in [0.29, 0.717) is 11.5 Å². The molecular formula is C9H12N4O3. The predicted molar refractivity (Wildman–Crippen MR) is 56.7 cm³/mol. The highest BCUT2D eigenvalue weighted by Gasteiger charge is 2.34. The van der Waals surface area contributed by atoms with Crippen molar-refractivity contribution in [3.05, 3.63) is 5.69 Å². The molecule has 0 saturated carbocycles. The van der Waals surface area contributed by atoms with Crippen LogP contribution in [-0.2, 0) is 11.8 Å². The Balaban J connectivity index is 2.63. The van der Waals surface area contributed by atoms with E-state index < -0.39 is 12.0 Å². The maximum Gasteiger partial charge on any atom is 0.356 e. The highest BCUT2D eigenvalue weighted by Crippen LogP contribution is 2.33. The van der Waals surface area contributed by atoms with Crippen molar-refractivity contribution in [3.63, 3.8) is 0 Å². The lowest BCUT2D eigenvalue weighted by molar-refractivity contribution is -0.117. The molecule has 2 N–H and O–H groups in total. The number of nitrogens with one attached hydrogen (secondary N) is 1. The summed E-state index contributed by atoms with van der Waals surface area (Å²) < 4.78 is 1.25. The van der Waals surface area contributed by atoms with E-state index in [2.05, 4.69) is 10.4 Å². The number of carboxylic acid groups (broad SMARTS) is 1.